The van der Waals surface area contributed by atoms with Crippen LogP contribution in [0.5, 0.6) is 0 Å². The van der Waals surface area contributed by atoms with E-state index < -0.39 is 21.7 Å². The van der Waals surface area contributed by atoms with Crippen LogP contribution in [0.25, 0.3) is 0 Å². The molecular formula is C9H18N2O4S. The number of rotatable bonds is 4. The Labute approximate surface area is 95.9 Å². The van der Waals surface area contributed by atoms with E-state index in [1.807, 2.05) is 25.9 Å². The predicted molar refractivity (Wildman–Crippen MR) is 59.6 cm³/mol. The van der Waals surface area contributed by atoms with Crippen LogP contribution in [0, 0.1) is 5.92 Å². The average Bonchev–Trinajstić information content (AvgIpc) is 2.45. The van der Waals surface area contributed by atoms with Gasteiger partial charge in [0.15, 0.2) is 5.75 Å². The van der Waals surface area contributed by atoms with E-state index in [1.165, 1.54) is 4.31 Å². The van der Waals surface area contributed by atoms with Crippen molar-refractivity contribution in [1.82, 2.24) is 9.21 Å². The van der Waals surface area contributed by atoms with E-state index in [4.69, 9.17) is 5.11 Å². The molecule has 2 unspecified atom stereocenters. The number of aliphatic carboxylic acids is 1. The number of hydrogen-bond acceptors (Lipinski definition) is 4. The first-order valence-corrected chi connectivity index (χ1v) is 6.71. The number of carboxylic acids is 1. The van der Waals surface area contributed by atoms with E-state index in [-0.39, 0.29) is 12.0 Å². The molecule has 0 saturated carbocycles. The molecule has 1 rings (SSSR count). The van der Waals surface area contributed by atoms with Gasteiger partial charge in [0.1, 0.15) is 0 Å². The molecule has 0 aliphatic carbocycles. The van der Waals surface area contributed by atoms with Crippen LogP contribution >= 0.6 is 0 Å². The van der Waals surface area contributed by atoms with Gasteiger partial charge in [-0.05, 0) is 20.0 Å². The molecule has 1 heterocycles. The van der Waals surface area contributed by atoms with Crippen LogP contribution in [0.4, 0.5) is 0 Å². The van der Waals surface area contributed by atoms with Gasteiger partial charge in [0.2, 0.25) is 10.0 Å². The highest BCUT2D eigenvalue weighted by Gasteiger charge is 2.38. The number of likely N-dealkylation sites (N-methyl/N-ethyl adjacent to an activating group) is 1. The Bertz CT molecular complexity index is 366. The summed E-state index contributed by atoms with van der Waals surface area (Å²) in [6.45, 7) is 2.75. The highest BCUT2D eigenvalue weighted by Crippen LogP contribution is 2.22. The molecule has 7 heteroatoms. The molecule has 0 bridgehead atoms. The van der Waals surface area contributed by atoms with Crippen molar-refractivity contribution in [2.75, 3.05) is 32.9 Å². The lowest BCUT2D eigenvalue weighted by molar-refractivity contribution is -0.134. The summed E-state index contributed by atoms with van der Waals surface area (Å²) in [4.78, 5) is 12.4. The van der Waals surface area contributed by atoms with Crippen LogP contribution < -0.4 is 0 Å². The molecular weight excluding hydrogens is 232 g/mol. The molecule has 1 saturated heterocycles. The fourth-order valence-electron chi connectivity index (χ4n) is 2.05. The maximum Gasteiger partial charge on any atom is 0.320 e. The molecule has 2 atom stereocenters. The molecule has 6 nitrogen and oxygen atoms in total. The highest BCUT2D eigenvalue weighted by molar-refractivity contribution is 7.89. The Morgan fingerprint density at radius 1 is 1.44 bits per heavy atom. The minimum atomic E-state index is -3.65. The van der Waals surface area contributed by atoms with Crippen molar-refractivity contribution in [2.45, 2.75) is 13.0 Å². The Hall–Kier alpha value is -0.660. The third-order valence-electron chi connectivity index (χ3n) is 2.90. The lowest BCUT2D eigenvalue weighted by atomic mass is 10.1. The number of hydrogen-bond donors (Lipinski definition) is 1. The molecule has 1 fully saturated rings. The van der Waals surface area contributed by atoms with E-state index in [0.717, 1.165) is 0 Å². The fraction of sp³-hybridized carbons (Fsp3) is 0.889. The zero-order valence-electron chi connectivity index (χ0n) is 9.75. The van der Waals surface area contributed by atoms with Crippen LogP contribution in [0.3, 0.4) is 0 Å². The second-order valence-electron chi connectivity index (χ2n) is 4.48. The Morgan fingerprint density at radius 3 is 2.38 bits per heavy atom. The fourth-order valence-corrected chi connectivity index (χ4v) is 3.39. The summed E-state index contributed by atoms with van der Waals surface area (Å²) in [6.07, 6.45) is 0. The van der Waals surface area contributed by atoms with E-state index in [9.17, 15) is 13.2 Å². The van der Waals surface area contributed by atoms with Crippen LogP contribution in [-0.4, -0.2) is 67.7 Å². The molecule has 1 aliphatic rings. The van der Waals surface area contributed by atoms with Gasteiger partial charge in [-0.25, -0.2) is 8.42 Å². The first-order chi connectivity index (χ1) is 7.24. The van der Waals surface area contributed by atoms with Gasteiger partial charge in [-0.15, -0.1) is 0 Å². The standard InChI is InChI=1S/C9H18N2O4S/c1-7-4-11(5-8(7)10(2)3)16(14,15)6-9(12)13/h7-8H,4-6H2,1-3H3,(H,12,13). The van der Waals surface area contributed by atoms with Crippen molar-refractivity contribution in [2.24, 2.45) is 5.92 Å². The Morgan fingerprint density at radius 2 is 2.00 bits per heavy atom. The number of nitrogens with zero attached hydrogens (tertiary/aromatic N) is 2. The molecule has 0 amide bonds. The predicted octanol–water partition coefficient (Wildman–Crippen LogP) is -0.717. The number of sulfonamides is 1. The van der Waals surface area contributed by atoms with Crippen molar-refractivity contribution in [3.63, 3.8) is 0 Å². The van der Waals surface area contributed by atoms with Crippen LogP contribution in [0.2, 0.25) is 0 Å². The first kappa shape index (κ1) is 13.4. The largest absolute Gasteiger partial charge is 0.480 e. The summed E-state index contributed by atoms with van der Waals surface area (Å²) >= 11 is 0. The molecule has 1 N–H and O–H groups in total. The van der Waals surface area contributed by atoms with Gasteiger partial charge in [0.25, 0.3) is 0 Å². The van der Waals surface area contributed by atoms with E-state index in [2.05, 4.69) is 0 Å². The quantitative estimate of drug-likeness (QED) is 0.712. The lowest BCUT2D eigenvalue weighted by Crippen LogP contribution is -2.37. The lowest BCUT2D eigenvalue weighted by Gasteiger charge is -2.22. The highest BCUT2D eigenvalue weighted by atomic mass is 32.2. The summed E-state index contributed by atoms with van der Waals surface area (Å²) in [7, 11) is 0.143. The maximum absolute atomic E-state index is 11.7. The van der Waals surface area contributed by atoms with E-state index >= 15 is 0 Å². The normalized spacial score (nSPS) is 27.5. The van der Waals surface area contributed by atoms with E-state index in [1.54, 1.807) is 0 Å². The van der Waals surface area contributed by atoms with Gasteiger partial charge in [0, 0.05) is 19.1 Å². The molecule has 0 aromatic rings. The summed E-state index contributed by atoms with van der Waals surface area (Å²) in [5, 5.41) is 8.53. The molecule has 16 heavy (non-hydrogen) atoms. The van der Waals surface area contributed by atoms with Gasteiger partial charge < -0.3 is 10.0 Å². The molecule has 94 valence electrons. The summed E-state index contributed by atoms with van der Waals surface area (Å²) in [5.41, 5.74) is 0. The van der Waals surface area contributed by atoms with Crippen molar-refractivity contribution >= 4 is 16.0 Å². The first-order valence-electron chi connectivity index (χ1n) is 5.10. The van der Waals surface area contributed by atoms with Gasteiger partial charge >= 0.3 is 5.97 Å². The monoisotopic (exact) mass is 250 g/mol. The number of carbonyl (C=O) groups is 1. The Kier molecular flexibility index (Phi) is 3.92. The molecule has 0 radical (unpaired) electrons. The SMILES string of the molecule is CC1CN(S(=O)(=O)CC(=O)O)CC1N(C)C. The van der Waals surface area contributed by atoms with Crippen molar-refractivity contribution in [1.29, 1.82) is 0 Å². The topological polar surface area (TPSA) is 77.9 Å². The molecule has 1 aliphatic heterocycles. The van der Waals surface area contributed by atoms with Gasteiger partial charge in [-0.2, -0.15) is 4.31 Å². The average molecular weight is 250 g/mol. The van der Waals surface area contributed by atoms with Crippen molar-refractivity contribution < 1.29 is 18.3 Å². The van der Waals surface area contributed by atoms with Crippen molar-refractivity contribution in [3.05, 3.63) is 0 Å². The second kappa shape index (κ2) is 4.68. The minimum Gasteiger partial charge on any atom is -0.480 e. The molecule has 0 spiro atoms. The molecule has 0 aromatic carbocycles. The van der Waals surface area contributed by atoms with Crippen LogP contribution in [-0.2, 0) is 14.8 Å². The Balaban J connectivity index is 2.75. The van der Waals surface area contributed by atoms with E-state index in [0.29, 0.717) is 13.1 Å². The van der Waals surface area contributed by atoms with Crippen LogP contribution in [0.1, 0.15) is 6.92 Å². The zero-order chi connectivity index (χ0) is 12.5. The maximum atomic E-state index is 11.7. The third kappa shape index (κ3) is 2.93. The third-order valence-corrected chi connectivity index (χ3v) is 4.60. The van der Waals surface area contributed by atoms with Crippen molar-refractivity contribution in [3.8, 4) is 0 Å². The zero-order valence-corrected chi connectivity index (χ0v) is 10.6. The smallest absolute Gasteiger partial charge is 0.320 e. The van der Waals surface area contributed by atoms with Crippen LogP contribution in [0.15, 0.2) is 0 Å². The second-order valence-corrected chi connectivity index (χ2v) is 6.44. The summed E-state index contributed by atoms with van der Waals surface area (Å²) in [6, 6.07) is 0.156. The van der Waals surface area contributed by atoms with Gasteiger partial charge in [-0.1, -0.05) is 6.92 Å². The summed E-state index contributed by atoms with van der Waals surface area (Å²) < 4.78 is 24.6. The van der Waals surface area contributed by atoms with Gasteiger partial charge in [0.05, 0.1) is 0 Å². The number of carboxylic acid groups (broad SMARTS) is 1. The molecule has 0 aromatic heterocycles. The minimum absolute atomic E-state index is 0.156. The summed E-state index contributed by atoms with van der Waals surface area (Å²) in [5.74, 6) is -1.90. The van der Waals surface area contributed by atoms with Gasteiger partial charge in [-0.3, -0.25) is 4.79 Å².